The smallest absolute Gasteiger partial charge is 0.258 e. The summed E-state index contributed by atoms with van der Waals surface area (Å²) in [6.45, 7) is 6.90. The van der Waals surface area contributed by atoms with E-state index in [1.165, 1.54) is 0 Å². The second-order valence-corrected chi connectivity index (χ2v) is 8.12. The maximum atomic E-state index is 13.6. The van der Waals surface area contributed by atoms with E-state index in [2.05, 4.69) is 50.4 Å². The van der Waals surface area contributed by atoms with Gasteiger partial charge in [-0.3, -0.25) is 4.79 Å². The summed E-state index contributed by atoms with van der Waals surface area (Å²) in [4.78, 5) is 15.6. The Labute approximate surface area is 184 Å². The molecule has 4 nitrogen and oxygen atoms in total. The van der Waals surface area contributed by atoms with E-state index in [1.54, 1.807) is 0 Å². The number of ether oxygens (including phenoxy) is 1. The third-order valence-electron chi connectivity index (χ3n) is 6.25. The molecule has 2 atom stereocenters. The first-order valence-corrected chi connectivity index (χ1v) is 11.1. The lowest BCUT2D eigenvalue weighted by molar-refractivity contribution is 0.0335. The molecule has 2 unspecified atom stereocenters. The molecule has 3 aromatic carbocycles. The van der Waals surface area contributed by atoms with E-state index in [-0.39, 0.29) is 11.9 Å². The standard InChI is InChI=1S/C27H30N2O2/c1-4-20(3)29-26(30)24-13-9-10-14-25(24)28-27(29,5-2)22-15-17-23(18-16-22)31-19-21-11-7-6-8-12-21/h6-18,20,28H,4-5,19H2,1-3H3. The number of hydrogen-bond acceptors (Lipinski definition) is 3. The average Bonchev–Trinajstić information content (AvgIpc) is 2.83. The molecule has 4 heteroatoms. The average molecular weight is 415 g/mol. The van der Waals surface area contributed by atoms with Crippen LogP contribution in [0.25, 0.3) is 0 Å². The molecule has 160 valence electrons. The lowest BCUT2D eigenvalue weighted by Gasteiger charge is -2.51. The van der Waals surface area contributed by atoms with E-state index >= 15 is 0 Å². The van der Waals surface area contributed by atoms with Gasteiger partial charge >= 0.3 is 0 Å². The molecule has 0 bridgehead atoms. The van der Waals surface area contributed by atoms with Crippen molar-refractivity contribution in [2.24, 2.45) is 0 Å². The molecule has 1 N–H and O–H groups in total. The number of hydrogen-bond donors (Lipinski definition) is 1. The highest BCUT2D eigenvalue weighted by atomic mass is 16.5. The predicted molar refractivity (Wildman–Crippen MR) is 125 cm³/mol. The number of nitrogens with one attached hydrogen (secondary N) is 1. The molecule has 0 aliphatic carbocycles. The van der Waals surface area contributed by atoms with Crippen LogP contribution in [-0.4, -0.2) is 16.8 Å². The molecule has 0 fully saturated rings. The maximum absolute atomic E-state index is 13.6. The van der Waals surface area contributed by atoms with Gasteiger partial charge in [0.05, 0.1) is 5.56 Å². The van der Waals surface area contributed by atoms with Crippen molar-refractivity contribution < 1.29 is 9.53 Å². The summed E-state index contributed by atoms with van der Waals surface area (Å²) >= 11 is 0. The molecule has 0 radical (unpaired) electrons. The van der Waals surface area contributed by atoms with Crippen molar-refractivity contribution in [1.82, 2.24) is 4.90 Å². The predicted octanol–water partition coefficient (Wildman–Crippen LogP) is 6.19. The van der Waals surface area contributed by atoms with Gasteiger partial charge in [-0.1, -0.05) is 68.4 Å². The summed E-state index contributed by atoms with van der Waals surface area (Å²) in [6.07, 6.45) is 1.64. The molecule has 3 aromatic rings. The van der Waals surface area contributed by atoms with E-state index in [4.69, 9.17) is 4.74 Å². The summed E-state index contributed by atoms with van der Waals surface area (Å²) < 4.78 is 5.97. The zero-order chi connectivity index (χ0) is 21.8. The number of anilines is 1. The topological polar surface area (TPSA) is 41.6 Å². The van der Waals surface area contributed by atoms with E-state index < -0.39 is 5.66 Å². The second kappa shape index (κ2) is 8.84. The van der Waals surface area contributed by atoms with Gasteiger partial charge in [0.15, 0.2) is 0 Å². The third kappa shape index (κ3) is 3.90. The Kier molecular flexibility index (Phi) is 5.99. The molecule has 1 aliphatic heterocycles. The lowest BCUT2D eigenvalue weighted by atomic mass is 9.88. The van der Waals surface area contributed by atoms with Crippen molar-refractivity contribution >= 4 is 11.6 Å². The molecule has 1 amide bonds. The van der Waals surface area contributed by atoms with E-state index in [0.717, 1.165) is 41.0 Å². The van der Waals surface area contributed by atoms with Gasteiger partial charge in [0.25, 0.3) is 5.91 Å². The fourth-order valence-electron chi connectivity index (χ4n) is 4.37. The second-order valence-electron chi connectivity index (χ2n) is 8.12. The van der Waals surface area contributed by atoms with Crippen LogP contribution in [0.3, 0.4) is 0 Å². The Bertz CT molecular complexity index is 1030. The van der Waals surface area contributed by atoms with E-state index in [0.29, 0.717) is 6.61 Å². The van der Waals surface area contributed by atoms with Crippen LogP contribution in [-0.2, 0) is 12.3 Å². The molecule has 0 saturated carbocycles. The largest absolute Gasteiger partial charge is 0.489 e. The van der Waals surface area contributed by atoms with Gasteiger partial charge in [-0.05, 0) is 55.2 Å². The number of rotatable bonds is 7. The first kappa shape index (κ1) is 21.0. The minimum atomic E-state index is -0.598. The summed E-state index contributed by atoms with van der Waals surface area (Å²) in [7, 11) is 0. The van der Waals surface area contributed by atoms with Crippen molar-refractivity contribution in [2.75, 3.05) is 5.32 Å². The van der Waals surface area contributed by atoms with Crippen LogP contribution in [0, 0.1) is 0 Å². The Balaban J connectivity index is 1.66. The van der Waals surface area contributed by atoms with Gasteiger partial charge in [-0.2, -0.15) is 0 Å². The number of fused-ring (bicyclic) bond motifs is 1. The van der Waals surface area contributed by atoms with Gasteiger partial charge < -0.3 is 15.0 Å². The van der Waals surface area contributed by atoms with Crippen LogP contribution in [0.4, 0.5) is 5.69 Å². The molecule has 4 rings (SSSR count). The molecule has 1 aliphatic rings. The monoisotopic (exact) mass is 414 g/mol. The SMILES string of the molecule is CCC(C)N1C(=O)c2ccccc2NC1(CC)c1ccc(OCc2ccccc2)cc1. The van der Waals surface area contributed by atoms with Crippen molar-refractivity contribution in [1.29, 1.82) is 0 Å². The van der Waals surface area contributed by atoms with Gasteiger partial charge in [0, 0.05) is 11.7 Å². The van der Waals surface area contributed by atoms with Gasteiger partial charge in [-0.15, -0.1) is 0 Å². The van der Waals surface area contributed by atoms with Crippen molar-refractivity contribution in [2.45, 2.75) is 51.9 Å². The van der Waals surface area contributed by atoms with Crippen LogP contribution in [0.1, 0.15) is 55.1 Å². The van der Waals surface area contributed by atoms with Crippen molar-refractivity contribution in [3.63, 3.8) is 0 Å². The van der Waals surface area contributed by atoms with Gasteiger partial charge in [0.1, 0.15) is 18.0 Å². The first-order chi connectivity index (χ1) is 15.1. The van der Waals surface area contributed by atoms with E-state index in [9.17, 15) is 4.79 Å². The van der Waals surface area contributed by atoms with Crippen molar-refractivity contribution in [3.8, 4) is 5.75 Å². The molecule has 31 heavy (non-hydrogen) atoms. The minimum Gasteiger partial charge on any atom is -0.489 e. The fourth-order valence-corrected chi connectivity index (χ4v) is 4.37. The summed E-state index contributed by atoms with van der Waals surface area (Å²) in [5.41, 5.74) is 3.22. The fraction of sp³-hybridized carbons (Fsp3) is 0.296. The number of para-hydroxylation sites is 1. The van der Waals surface area contributed by atoms with Crippen LogP contribution in [0.5, 0.6) is 5.75 Å². The molecule has 0 saturated heterocycles. The molecular formula is C27H30N2O2. The summed E-state index contributed by atoms with van der Waals surface area (Å²) in [5, 5.41) is 3.71. The van der Waals surface area contributed by atoms with Gasteiger partial charge in [-0.25, -0.2) is 0 Å². The van der Waals surface area contributed by atoms with Crippen LogP contribution in [0.2, 0.25) is 0 Å². The summed E-state index contributed by atoms with van der Waals surface area (Å²) in [6, 6.07) is 26.2. The third-order valence-corrected chi connectivity index (χ3v) is 6.25. The zero-order valence-corrected chi connectivity index (χ0v) is 18.5. The Morgan fingerprint density at radius 1 is 0.935 bits per heavy atom. The van der Waals surface area contributed by atoms with E-state index in [1.807, 2.05) is 59.5 Å². The van der Waals surface area contributed by atoms with Crippen LogP contribution in [0.15, 0.2) is 78.9 Å². The number of amides is 1. The zero-order valence-electron chi connectivity index (χ0n) is 18.5. The lowest BCUT2D eigenvalue weighted by Crippen LogP contribution is -2.60. The Morgan fingerprint density at radius 2 is 1.61 bits per heavy atom. The maximum Gasteiger partial charge on any atom is 0.258 e. The van der Waals surface area contributed by atoms with Crippen LogP contribution < -0.4 is 10.1 Å². The normalized spacial score (nSPS) is 18.8. The Hall–Kier alpha value is -3.27. The Morgan fingerprint density at radius 3 is 2.29 bits per heavy atom. The van der Waals surface area contributed by atoms with Crippen LogP contribution >= 0.6 is 0 Å². The summed E-state index contributed by atoms with van der Waals surface area (Å²) in [5.74, 6) is 0.895. The molecular weight excluding hydrogens is 384 g/mol. The molecule has 1 heterocycles. The first-order valence-electron chi connectivity index (χ1n) is 11.1. The number of carbonyl (C=O) groups excluding carboxylic acids is 1. The quantitative estimate of drug-likeness (QED) is 0.501. The van der Waals surface area contributed by atoms with Gasteiger partial charge in [0.2, 0.25) is 0 Å². The highest BCUT2D eigenvalue weighted by Crippen LogP contribution is 2.42. The number of nitrogens with zero attached hydrogens (tertiary/aromatic N) is 1. The number of carbonyl (C=O) groups is 1. The highest BCUT2D eigenvalue weighted by molar-refractivity contribution is 6.02. The minimum absolute atomic E-state index is 0.0787. The highest BCUT2D eigenvalue weighted by Gasteiger charge is 2.46. The molecule has 0 spiro atoms. The number of benzene rings is 3. The molecule has 0 aromatic heterocycles. The van der Waals surface area contributed by atoms with Crippen molar-refractivity contribution in [3.05, 3.63) is 95.6 Å².